The molecule has 0 fully saturated rings. The van der Waals surface area contributed by atoms with Crippen molar-refractivity contribution >= 4 is 5.97 Å². The van der Waals surface area contributed by atoms with Gasteiger partial charge in [-0.2, -0.15) is 0 Å². The number of ether oxygens (including phenoxy) is 1. The van der Waals surface area contributed by atoms with Crippen LogP contribution in [0.2, 0.25) is 0 Å². The molecular weight excluding hydrogens is 222 g/mol. The van der Waals surface area contributed by atoms with E-state index in [0.717, 1.165) is 0 Å². The van der Waals surface area contributed by atoms with Gasteiger partial charge in [0.1, 0.15) is 5.69 Å². The summed E-state index contributed by atoms with van der Waals surface area (Å²) in [6.07, 6.45) is -2.99. The van der Waals surface area contributed by atoms with E-state index in [-0.39, 0.29) is 18.0 Å². The van der Waals surface area contributed by atoms with E-state index in [4.69, 9.17) is 10.8 Å². The second-order valence-corrected chi connectivity index (χ2v) is 2.89. The predicted octanol–water partition coefficient (Wildman–Crippen LogP) is 1.18. The number of aromatic carboxylic acids is 1. The molecule has 0 aliphatic carbocycles. The van der Waals surface area contributed by atoms with Gasteiger partial charge in [0.2, 0.25) is 5.88 Å². The lowest BCUT2D eigenvalue weighted by Crippen LogP contribution is -2.13. The van der Waals surface area contributed by atoms with Crippen LogP contribution in [0.15, 0.2) is 6.07 Å². The van der Waals surface area contributed by atoms with Crippen LogP contribution in [0.3, 0.4) is 0 Å². The predicted molar refractivity (Wildman–Crippen MR) is 50.6 cm³/mol. The van der Waals surface area contributed by atoms with Gasteiger partial charge in [-0.1, -0.05) is 0 Å². The first-order chi connectivity index (χ1) is 7.51. The Kier molecular flexibility index (Phi) is 3.73. The highest BCUT2D eigenvalue weighted by Gasteiger charge is 2.24. The quantitative estimate of drug-likeness (QED) is 0.814. The Morgan fingerprint density at radius 2 is 2.31 bits per heavy atom. The van der Waals surface area contributed by atoms with Gasteiger partial charge >= 0.3 is 5.97 Å². The van der Waals surface area contributed by atoms with E-state index in [2.05, 4.69) is 9.72 Å². The first kappa shape index (κ1) is 12.3. The van der Waals surface area contributed by atoms with Crippen LogP contribution in [0.5, 0.6) is 5.88 Å². The van der Waals surface area contributed by atoms with Crippen LogP contribution in [0.1, 0.15) is 28.0 Å². The smallest absolute Gasteiger partial charge is 0.338 e. The second-order valence-electron chi connectivity index (χ2n) is 2.89. The number of methoxy groups -OCH3 is 1. The third kappa shape index (κ3) is 2.25. The lowest BCUT2D eigenvalue weighted by molar-refractivity contribution is 0.0680. The zero-order valence-electron chi connectivity index (χ0n) is 8.41. The minimum Gasteiger partial charge on any atom is -0.481 e. The molecule has 3 N–H and O–H groups in total. The zero-order valence-corrected chi connectivity index (χ0v) is 8.41. The van der Waals surface area contributed by atoms with Crippen molar-refractivity contribution in [2.24, 2.45) is 5.73 Å². The van der Waals surface area contributed by atoms with E-state index in [9.17, 15) is 13.6 Å². The molecule has 1 rings (SSSR count). The van der Waals surface area contributed by atoms with Crippen LogP contribution < -0.4 is 10.5 Å². The normalized spacial score (nSPS) is 10.6. The number of carbonyl (C=O) groups is 1. The number of alkyl halides is 2. The third-order valence-corrected chi connectivity index (χ3v) is 1.96. The third-order valence-electron chi connectivity index (χ3n) is 1.96. The molecule has 0 atom stereocenters. The van der Waals surface area contributed by atoms with Crippen molar-refractivity contribution in [1.29, 1.82) is 0 Å². The Morgan fingerprint density at radius 1 is 1.69 bits per heavy atom. The summed E-state index contributed by atoms with van der Waals surface area (Å²) in [5, 5.41) is 8.82. The average Bonchev–Trinajstić information content (AvgIpc) is 2.26. The number of aromatic nitrogens is 1. The molecule has 1 aromatic heterocycles. The van der Waals surface area contributed by atoms with Crippen LogP contribution in [0.25, 0.3) is 0 Å². The number of rotatable bonds is 4. The molecule has 0 aliphatic heterocycles. The zero-order chi connectivity index (χ0) is 12.3. The molecular formula is C9H10F2N2O3. The maximum absolute atomic E-state index is 12.6. The molecule has 88 valence electrons. The molecule has 1 heterocycles. The Morgan fingerprint density at radius 3 is 2.69 bits per heavy atom. The van der Waals surface area contributed by atoms with Crippen LogP contribution in [-0.2, 0) is 6.54 Å². The molecule has 5 nitrogen and oxygen atoms in total. The van der Waals surface area contributed by atoms with E-state index in [1.807, 2.05) is 0 Å². The van der Waals surface area contributed by atoms with Crippen molar-refractivity contribution in [3.05, 3.63) is 22.9 Å². The van der Waals surface area contributed by atoms with Crippen molar-refractivity contribution < 1.29 is 23.4 Å². The second kappa shape index (κ2) is 4.84. The van der Waals surface area contributed by atoms with Gasteiger partial charge in [0.25, 0.3) is 6.43 Å². The van der Waals surface area contributed by atoms with Crippen molar-refractivity contribution in [1.82, 2.24) is 4.98 Å². The van der Waals surface area contributed by atoms with Crippen LogP contribution in [-0.4, -0.2) is 23.2 Å². The van der Waals surface area contributed by atoms with Crippen molar-refractivity contribution in [2.45, 2.75) is 13.0 Å². The largest absolute Gasteiger partial charge is 0.481 e. The van der Waals surface area contributed by atoms with Crippen LogP contribution in [0, 0.1) is 0 Å². The van der Waals surface area contributed by atoms with Crippen LogP contribution >= 0.6 is 0 Å². The molecule has 0 saturated carbocycles. The van der Waals surface area contributed by atoms with Gasteiger partial charge in [-0.15, -0.1) is 0 Å². The first-order valence-electron chi connectivity index (χ1n) is 4.30. The highest BCUT2D eigenvalue weighted by atomic mass is 19.3. The van der Waals surface area contributed by atoms with Crippen LogP contribution in [0.4, 0.5) is 8.78 Å². The maximum atomic E-state index is 12.6. The van der Waals surface area contributed by atoms with Gasteiger partial charge in [0.05, 0.1) is 12.7 Å². The summed E-state index contributed by atoms with van der Waals surface area (Å²) in [4.78, 5) is 14.2. The van der Waals surface area contributed by atoms with Gasteiger partial charge in [-0.05, 0) is 5.56 Å². The fourth-order valence-corrected chi connectivity index (χ4v) is 1.26. The molecule has 0 amide bonds. The van der Waals surface area contributed by atoms with Gasteiger partial charge in [0, 0.05) is 12.6 Å². The first-order valence-corrected chi connectivity index (χ1v) is 4.30. The summed E-state index contributed by atoms with van der Waals surface area (Å²) in [6, 6.07) is 1.23. The number of carboxylic acid groups (broad SMARTS) is 1. The lowest BCUT2D eigenvalue weighted by Gasteiger charge is -2.11. The van der Waals surface area contributed by atoms with Crippen molar-refractivity contribution in [3.8, 4) is 5.88 Å². The number of halogens is 2. The van der Waals surface area contributed by atoms with Crippen molar-refractivity contribution in [3.63, 3.8) is 0 Å². The van der Waals surface area contributed by atoms with E-state index < -0.39 is 23.7 Å². The van der Waals surface area contributed by atoms with Gasteiger partial charge in [-0.25, -0.2) is 18.6 Å². The van der Waals surface area contributed by atoms with E-state index >= 15 is 0 Å². The number of hydrogen-bond donors (Lipinski definition) is 2. The minimum absolute atomic E-state index is 0.0645. The summed E-state index contributed by atoms with van der Waals surface area (Å²) in [5.74, 6) is -1.56. The fourth-order valence-electron chi connectivity index (χ4n) is 1.26. The number of hydrogen-bond acceptors (Lipinski definition) is 4. The van der Waals surface area contributed by atoms with Gasteiger partial charge in [0.15, 0.2) is 0 Å². The highest BCUT2D eigenvalue weighted by molar-refractivity contribution is 5.91. The molecule has 0 saturated heterocycles. The highest BCUT2D eigenvalue weighted by Crippen LogP contribution is 2.26. The summed E-state index contributed by atoms with van der Waals surface area (Å²) >= 11 is 0. The Balaban J connectivity index is 3.47. The molecule has 0 unspecified atom stereocenters. The molecule has 0 aromatic carbocycles. The molecule has 0 radical (unpaired) electrons. The van der Waals surface area contributed by atoms with E-state index in [1.165, 1.54) is 13.2 Å². The summed E-state index contributed by atoms with van der Waals surface area (Å²) in [6.45, 7) is -0.180. The number of nitrogens with zero attached hydrogens (tertiary/aromatic N) is 1. The SMILES string of the molecule is COc1cc(CN)c(C(=O)O)c(C(F)F)n1. The number of nitrogens with two attached hydrogens (primary N) is 1. The number of pyridine rings is 1. The summed E-state index contributed by atoms with van der Waals surface area (Å²) in [5.41, 5.74) is 3.97. The molecule has 0 aliphatic rings. The summed E-state index contributed by atoms with van der Waals surface area (Å²) < 4.78 is 29.9. The van der Waals surface area contributed by atoms with Gasteiger partial charge in [-0.3, -0.25) is 0 Å². The minimum atomic E-state index is -2.99. The van der Waals surface area contributed by atoms with E-state index in [0.29, 0.717) is 0 Å². The van der Waals surface area contributed by atoms with E-state index in [1.54, 1.807) is 0 Å². The molecule has 1 aromatic rings. The Bertz CT molecular complexity index is 410. The molecule has 7 heteroatoms. The lowest BCUT2D eigenvalue weighted by atomic mass is 10.1. The molecule has 0 bridgehead atoms. The Hall–Kier alpha value is -1.76. The average molecular weight is 232 g/mol. The monoisotopic (exact) mass is 232 g/mol. The van der Waals surface area contributed by atoms with Gasteiger partial charge < -0.3 is 15.6 Å². The molecule has 16 heavy (non-hydrogen) atoms. The maximum Gasteiger partial charge on any atom is 0.338 e. The summed E-state index contributed by atoms with van der Waals surface area (Å²) in [7, 11) is 1.25. The standard InChI is InChI=1S/C9H10F2N2O3/c1-16-5-2-4(3-12)6(9(14)15)7(13-5)8(10)11/h2,8H,3,12H2,1H3,(H,14,15). The molecule has 0 spiro atoms. The fraction of sp³-hybridized carbons (Fsp3) is 0.333. The topological polar surface area (TPSA) is 85.4 Å². The number of carboxylic acids is 1. The van der Waals surface area contributed by atoms with Crippen molar-refractivity contribution in [2.75, 3.05) is 7.11 Å². The Labute approximate surface area is 89.9 Å².